The van der Waals surface area contributed by atoms with E-state index in [4.69, 9.17) is 0 Å². The highest BCUT2D eigenvalue weighted by Gasteiger charge is 2.23. The first-order valence-corrected chi connectivity index (χ1v) is 10.8. The Labute approximate surface area is 177 Å². The highest BCUT2D eigenvalue weighted by atomic mass is 16.3. The third-order valence-corrected chi connectivity index (χ3v) is 5.84. The molecule has 4 N–H and O–H groups in total. The Hall–Kier alpha value is -2.63. The average molecular weight is 409 g/mol. The summed E-state index contributed by atoms with van der Waals surface area (Å²) in [5, 5.41) is 24.9. The monoisotopic (exact) mass is 408 g/mol. The van der Waals surface area contributed by atoms with E-state index in [0.717, 1.165) is 19.3 Å². The molecule has 1 aliphatic rings. The number of aliphatic hydroxyl groups is 1. The minimum Gasteiger partial charge on any atom is -0.506 e. The molecule has 30 heavy (non-hydrogen) atoms. The number of hydrogen-bond acceptors (Lipinski definition) is 4. The van der Waals surface area contributed by atoms with Gasteiger partial charge in [0.15, 0.2) is 0 Å². The van der Waals surface area contributed by atoms with E-state index < -0.39 is 6.10 Å². The smallest absolute Gasteiger partial charge is 0.248 e. The molecule has 5 heteroatoms. The van der Waals surface area contributed by atoms with Gasteiger partial charge in [0, 0.05) is 24.0 Å². The van der Waals surface area contributed by atoms with Gasteiger partial charge in [-0.1, -0.05) is 39.0 Å². The number of pyridine rings is 1. The lowest BCUT2D eigenvalue weighted by molar-refractivity contribution is 0.171. The van der Waals surface area contributed by atoms with Gasteiger partial charge >= 0.3 is 0 Å². The molecule has 1 heterocycles. The van der Waals surface area contributed by atoms with Gasteiger partial charge in [0.2, 0.25) is 5.56 Å². The van der Waals surface area contributed by atoms with E-state index in [2.05, 4.69) is 36.3 Å². The number of benzene rings is 2. The van der Waals surface area contributed by atoms with Crippen LogP contribution in [0.3, 0.4) is 0 Å². The normalized spacial score (nSPS) is 16.1. The maximum Gasteiger partial charge on any atom is 0.248 e. The van der Waals surface area contributed by atoms with Crippen molar-refractivity contribution in [3.8, 4) is 5.75 Å². The number of rotatable bonds is 5. The van der Waals surface area contributed by atoms with Crippen LogP contribution in [0.25, 0.3) is 10.9 Å². The summed E-state index contributed by atoms with van der Waals surface area (Å²) in [6.45, 7) is 8.77. The summed E-state index contributed by atoms with van der Waals surface area (Å²) in [5.74, 6) is 0.00458. The van der Waals surface area contributed by atoms with Crippen LogP contribution in [-0.2, 0) is 19.3 Å². The van der Waals surface area contributed by atoms with Crippen LogP contribution >= 0.6 is 0 Å². The lowest BCUT2D eigenvalue weighted by Crippen LogP contribution is -2.33. The summed E-state index contributed by atoms with van der Waals surface area (Å²) < 4.78 is 0. The Morgan fingerprint density at radius 1 is 1.13 bits per heavy atom. The number of hydrogen-bond donors (Lipinski definition) is 4. The summed E-state index contributed by atoms with van der Waals surface area (Å²) in [7, 11) is 0. The van der Waals surface area contributed by atoms with Gasteiger partial charge < -0.3 is 20.5 Å². The number of aromatic nitrogens is 1. The number of aliphatic hydroxyl groups excluding tert-OH is 1. The van der Waals surface area contributed by atoms with Crippen molar-refractivity contribution in [3.63, 3.8) is 0 Å². The molecule has 2 unspecified atom stereocenters. The molecular formula is C25H32N2O3. The predicted octanol–water partition coefficient (Wildman–Crippen LogP) is 3.92. The maximum absolute atomic E-state index is 11.6. The molecule has 4 rings (SSSR count). The van der Waals surface area contributed by atoms with Crippen LogP contribution in [0.5, 0.6) is 5.75 Å². The number of aryl methyl sites for hydroxylation is 2. The first kappa shape index (κ1) is 22.1. The molecule has 160 valence electrons. The van der Waals surface area contributed by atoms with Crippen molar-refractivity contribution in [2.45, 2.75) is 59.1 Å². The van der Waals surface area contributed by atoms with E-state index in [1.807, 2.05) is 13.8 Å². The molecule has 5 nitrogen and oxygen atoms in total. The average Bonchev–Trinajstić information content (AvgIpc) is 3.15. The summed E-state index contributed by atoms with van der Waals surface area (Å²) in [6.07, 6.45) is 2.26. The van der Waals surface area contributed by atoms with Crippen molar-refractivity contribution in [3.05, 3.63) is 74.6 Å². The van der Waals surface area contributed by atoms with Crippen LogP contribution in [0, 0.1) is 6.92 Å². The highest BCUT2D eigenvalue weighted by Crippen LogP contribution is 2.29. The number of fused-ring (bicyclic) bond motifs is 2. The van der Waals surface area contributed by atoms with E-state index in [9.17, 15) is 15.0 Å². The maximum atomic E-state index is 11.6. The second-order valence-electron chi connectivity index (χ2n) is 7.72. The van der Waals surface area contributed by atoms with E-state index in [1.54, 1.807) is 12.1 Å². The number of phenolic OH excluding ortho intramolecular Hbond substituents is 1. The fraction of sp³-hybridized carbons (Fsp3) is 0.400. The van der Waals surface area contributed by atoms with E-state index in [1.165, 1.54) is 34.4 Å². The van der Waals surface area contributed by atoms with Crippen LogP contribution in [0.4, 0.5) is 0 Å². The zero-order valence-corrected chi connectivity index (χ0v) is 18.2. The molecular weight excluding hydrogens is 376 g/mol. The van der Waals surface area contributed by atoms with Crippen LogP contribution in [0.2, 0.25) is 0 Å². The standard InChI is InChI=1S/C23H26N2O3.C2H6/c1-3-14-9-16-11-17(10-15(16)8-13(14)2)24-12-21(27)18-4-6-20(26)23-19(18)5-7-22(28)25-23;1-2/h4-9,17,21,24,26-27H,3,10-12H2,1-2H3,(H,25,28);1-2H3. The second-order valence-corrected chi connectivity index (χ2v) is 7.72. The first-order valence-electron chi connectivity index (χ1n) is 10.8. The van der Waals surface area contributed by atoms with Crippen LogP contribution in [-0.4, -0.2) is 27.8 Å². The van der Waals surface area contributed by atoms with Crippen molar-refractivity contribution < 1.29 is 10.2 Å². The molecule has 0 fully saturated rings. The Morgan fingerprint density at radius 3 is 2.53 bits per heavy atom. The molecule has 0 aliphatic heterocycles. The highest BCUT2D eigenvalue weighted by molar-refractivity contribution is 5.87. The lowest BCUT2D eigenvalue weighted by Gasteiger charge is -2.18. The van der Waals surface area contributed by atoms with Crippen molar-refractivity contribution >= 4 is 10.9 Å². The van der Waals surface area contributed by atoms with Crippen molar-refractivity contribution in [1.82, 2.24) is 10.3 Å². The third-order valence-electron chi connectivity index (χ3n) is 5.84. The first-order chi connectivity index (χ1) is 14.5. The molecule has 3 aromatic rings. The topological polar surface area (TPSA) is 85.3 Å². The Balaban J connectivity index is 0.00000124. The summed E-state index contributed by atoms with van der Waals surface area (Å²) in [4.78, 5) is 14.2. The fourth-order valence-corrected chi connectivity index (χ4v) is 4.31. The van der Waals surface area contributed by atoms with E-state index in [0.29, 0.717) is 29.1 Å². The number of nitrogens with one attached hydrogen (secondary N) is 2. The Kier molecular flexibility index (Phi) is 6.95. The fourth-order valence-electron chi connectivity index (χ4n) is 4.31. The largest absolute Gasteiger partial charge is 0.506 e. The predicted molar refractivity (Wildman–Crippen MR) is 122 cm³/mol. The molecule has 1 aliphatic carbocycles. The van der Waals surface area contributed by atoms with Gasteiger partial charge in [-0.25, -0.2) is 0 Å². The van der Waals surface area contributed by atoms with Crippen molar-refractivity contribution in [1.29, 1.82) is 0 Å². The van der Waals surface area contributed by atoms with Gasteiger partial charge in [-0.05, 0) is 66.1 Å². The van der Waals surface area contributed by atoms with Gasteiger partial charge in [-0.15, -0.1) is 0 Å². The second kappa shape index (κ2) is 9.45. The van der Waals surface area contributed by atoms with Gasteiger partial charge in [0.05, 0.1) is 11.6 Å². The number of aromatic amines is 1. The van der Waals surface area contributed by atoms with Crippen molar-refractivity contribution in [2.24, 2.45) is 0 Å². The van der Waals surface area contributed by atoms with Gasteiger partial charge in [-0.3, -0.25) is 4.79 Å². The molecule has 0 saturated carbocycles. The molecule has 2 atom stereocenters. The number of H-pyrrole nitrogens is 1. The molecule has 0 radical (unpaired) electrons. The zero-order chi connectivity index (χ0) is 21.8. The lowest BCUT2D eigenvalue weighted by atomic mass is 9.99. The quantitative estimate of drug-likeness (QED) is 0.515. The van der Waals surface area contributed by atoms with Crippen LogP contribution < -0.4 is 10.9 Å². The molecule has 2 aromatic carbocycles. The Morgan fingerprint density at radius 2 is 1.83 bits per heavy atom. The summed E-state index contributed by atoms with van der Waals surface area (Å²) in [6, 6.07) is 11.2. The molecule has 1 aromatic heterocycles. The number of phenols is 1. The van der Waals surface area contributed by atoms with E-state index in [-0.39, 0.29) is 11.3 Å². The molecule has 0 spiro atoms. The zero-order valence-electron chi connectivity index (χ0n) is 18.2. The van der Waals surface area contributed by atoms with Crippen LogP contribution in [0.1, 0.15) is 54.7 Å². The molecule has 0 saturated heterocycles. The SMILES string of the molecule is CC.CCc1cc2c(cc1C)CC(NCC(O)c1ccc(O)c3[nH]c(=O)ccc13)C2. The van der Waals surface area contributed by atoms with E-state index >= 15 is 0 Å². The number of aromatic hydroxyl groups is 1. The molecule has 0 amide bonds. The molecule has 0 bridgehead atoms. The summed E-state index contributed by atoms with van der Waals surface area (Å²) in [5.41, 5.74) is 6.33. The van der Waals surface area contributed by atoms with Gasteiger partial charge in [-0.2, -0.15) is 0 Å². The summed E-state index contributed by atoms with van der Waals surface area (Å²) >= 11 is 0. The van der Waals surface area contributed by atoms with Gasteiger partial charge in [0.1, 0.15) is 5.75 Å². The van der Waals surface area contributed by atoms with Gasteiger partial charge in [0.25, 0.3) is 0 Å². The minimum atomic E-state index is -0.731. The minimum absolute atomic E-state index is 0.00458. The Bertz CT molecular complexity index is 1090. The van der Waals surface area contributed by atoms with Crippen LogP contribution in [0.15, 0.2) is 41.2 Å². The van der Waals surface area contributed by atoms with Crippen molar-refractivity contribution in [2.75, 3.05) is 6.54 Å². The third kappa shape index (κ3) is 4.42.